The smallest absolute Gasteiger partial charge is 0.156 e. The standard InChI is InChI=1S/C17H25N3S/c1-14-12-20(13-15-6-3-2-4-7-15)10-8-16(14)19-17-18-9-5-11-21-17/h2-4,6-7,14,16H,5,8-13H2,1H3,(H,18,19). The molecule has 0 spiro atoms. The number of likely N-dealkylation sites (tertiary alicyclic amines) is 1. The molecule has 2 aliphatic rings. The van der Waals surface area contributed by atoms with E-state index >= 15 is 0 Å². The molecule has 2 heterocycles. The van der Waals surface area contributed by atoms with Crippen LogP contribution in [0.15, 0.2) is 35.3 Å². The van der Waals surface area contributed by atoms with Crippen molar-refractivity contribution < 1.29 is 0 Å². The molecule has 2 aliphatic heterocycles. The average molecular weight is 303 g/mol. The van der Waals surface area contributed by atoms with Gasteiger partial charge in [0.25, 0.3) is 0 Å². The molecular weight excluding hydrogens is 278 g/mol. The van der Waals surface area contributed by atoms with Crippen LogP contribution in [0.25, 0.3) is 0 Å². The summed E-state index contributed by atoms with van der Waals surface area (Å²) < 4.78 is 0. The molecule has 2 atom stereocenters. The highest BCUT2D eigenvalue weighted by atomic mass is 32.2. The molecule has 1 aromatic rings. The monoisotopic (exact) mass is 303 g/mol. The van der Waals surface area contributed by atoms with Crippen LogP contribution >= 0.6 is 11.8 Å². The van der Waals surface area contributed by atoms with E-state index in [0.29, 0.717) is 12.0 Å². The van der Waals surface area contributed by atoms with Gasteiger partial charge in [-0.3, -0.25) is 9.89 Å². The van der Waals surface area contributed by atoms with Crippen LogP contribution in [-0.2, 0) is 6.54 Å². The lowest BCUT2D eigenvalue weighted by Gasteiger charge is -2.38. The van der Waals surface area contributed by atoms with Crippen LogP contribution in [0.4, 0.5) is 0 Å². The van der Waals surface area contributed by atoms with Crippen molar-refractivity contribution in [2.45, 2.75) is 32.4 Å². The molecule has 4 heteroatoms. The Bertz CT molecular complexity index is 474. The Hall–Kier alpha value is -1.000. The van der Waals surface area contributed by atoms with Crippen molar-refractivity contribution in [3.63, 3.8) is 0 Å². The first-order valence-electron chi connectivity index (χ1n) is 8.01. The third kappa shape index (κ3) is 4.24. The van der Waals surface area contributed by atoms with Gasteiger partial charge in [-0.15, -0.1) is 0 Å². The Kier molecular flexibility index (Phi) is 5.20. The molecule has 0 bridgehead atoms. The minimum atomic E-state index is 0.585. The highest BCUT2D eigenvalue weighted by Crippen LogP contribution is 2.21. The Morgan fingerprint density at radius 1 is 1.33 bits per heavy atom. The maximum absolute atomic E-state index is 4.60. The van der Waals surface area contributed by atoms with E-state index in [2.05, 4.69) is 52.5 Å². The van der Waals surface area contributed by atoms with Gasteiger partial charge in [0.2, 0.25) is 0 Å². The summed E-state index contributed by atoms with van der Waals surface area (Å²) in [5, 5.41) is 4.85. The number of rotatable bonds is 3. The highest BCUT2D eigenvalue weighted by molar-refractivity contribution is 8.13. The predicted octanol–water partition coefficient (Wildman–Crippen LogP) is 2.98. The molecule has 0 amide bonds. The molecule has 1 N–H and O–H groups in total. The summed E-state index contributed by atoms with van der Waals surface area (Å²) in [6.07, 6.45) is 2.44. The van der Waals surface area contributed by atoms with Crippen molar-refractivity contribution >= 4 is 16.9 Å². The van der Waals surface area contributed by atoms with Crippen LogP contribution < -0.4 is 5.32 Å². The van der Waals surface area contributed by atoms with Crippen molar-refractivity contribution in [3.05, 3.63) is 35.9 Å². The van der Waals surface area contributed by atoms with Gasteiger partial charge in [-0.05, 0) is 24.3 Å². The van der Waals surface area contributed by atoms with Gasteiger partial charge in [0, 0.05) is 38.0 Å². The fourth-order valence-electron chi connectivity index (χ4n) is 3.14. The topological polar surface area (TPSA) is 27.6 Å². The third-order valence-corrected chi connectivity index (χ3v) is 5.36. The molecular formula is C17H25N3S. The van der Waals surface area contributed by atoms with Crippen molar-refractivity contribution in [1.82, 2.24) is 10.2 Å². The highest BCUT2D eigenvalue weighted by Gasteiger charge is 2.27. The Morgan fingerprint density at radius 2 is 2.19 bits per heavy atom. The molecule has 1 saturated heterocycles. The zero-order valence-electron chi connectivity index (χ0n) is 12.8. The first-order valence-corrected chi connectivity index (χ1v) is 9.00. The summed E-state index contributed by atoms with van der Waals surface area (Å²) in [7, 11) is 0. The van der Waals surface area contributed by atoms with Gasteiger partial charge in [0.05, 0.1) is 0 Å². The average Bonchev–Trinajstić information content (AvgIpc) is 2.52. The lowest BCUT2D eigenvalue weighted by atomic mass is 9.93. The van der Waals surface area contributed by atoms with E-state index in [1.54, 1.807) is 0 Å². The Morgan fingerprint density at radius 3 is 2.90 bits per heavy atom. The van der Waals surface area contributed by atoms with Crippen LogP contribution in [0, 0.1) is 5.92 Å². The van der Waals surface area contributed by atoms with Crippen LogP contribution in [0.1, 0.15) is 25.3 Å². The first-order chi connectivity index (χ1) is 10.3. The second-order valence-electron chi connectivity index (χ2n) is 6.13. The number of nitrogens with zero attached hydrogens (tertiary/aromatic N) is 2. The SMILES string of the molecule is CC1CN(Cc2ccccc2)CCC1NC1=NCCCS1. The summed E-state index contributed by atoms with van der Waals surface area (Å²) in [6, 6.07) is 11.4. The van der Waals surface area contributed by atoms with E-state index in [-0.39, 0.29) is 0 Å². The van der Waals surface area contributed by atoms with Gasteiger partial charge in [0.15, 0.2) is 5.17 Å². The second-order valence-corrected chi connectivity index (χ2v) is 7.21. The third-order valence-electron chi connectivity index (χ3n) is 4.34. The molecule has 0 radical (unpaired) electrons. The fraction of sp³-hybridized carbons (Fsp3) is 0.588. The van der Waals surface area contributed by atoms with Gasteiger partial charge < -0.3 is 5.32 Å². The normalized spacial score (nSPS) is 27.2. The van der Waals surface area contributed by atoms with Crippen molar-refractivity contribution in [2.24, 2.45) is 10.9 Å². The summed E-state index contributed by atoms with van der Waals surface area (Å²) in [6.45, 7) is 6.78. The molecule has 0 aliphatic carbocycles. The number of hydrogen-bond acceptors (Lipinski definition) is 4. The molecule has 3 nitrogen and oxygen atoms in total. The summed E-state index contributed by atoms with van der Waals surface area (Å²) >= 11 is 1.89. The Balaban J connectivity index is 1.51. The largest absolute Gasteiger partial charge is 0.362 e. The van der Waals surface area contributed by atoms with Crippen LogP contribution in [0.5, 0.6) is 0 Å². The molecule has 3 rings (SSSR count). The maximum Gasteiger partial charge on any atom is 0.156 e. The lowest BCUT2D eigenvalue weighted by molar-refractivity contribution is 0.150. The molecule has 21 heavy (non-hydrogen) atoms. The van der Waals surface area contributed by atoms with Crippen LogP contribution in [0.3, 0.4) is 0 Å². The van der Waals surface area contributed by atoms with Gasteiger partial charge in [-0.2, -0.15) is 0 Å². The van der Waals surface area contributed by atoms with Crippen LogP contribution in [0.2, 0.25) is 0 Å². The first kappa shape index (κ1) is 14.9. The number of hydrogen-bond donors (Lipinski definition) is 1. The number of thioether (sulfide) groups is 1. The minimum Gasteiger partial charge on any atom is -0.362 e. The van der Waals surface area contributed by atoms with Gasteiger partial charge in [0.1, 0.15) is 0 Å². The maximum atomic E-state index is 4.60. The number of piperidine rings is 1. The second kappa shape index (κ2) is 7.32. The summed E-state index contributed by atoms with van der Waals surface area (Å²) in [4.78, 5) is 7.18. The quantitative estimate of drug-likeness (QED) is 0.930. The fourth-order valence-corrected chi connectivity index (χ4v) is 4.02. The Labute approximate surface area is 132 Å². The van der Waals surface area contributed by atoms with Crippen LogP contribution in [-0.4, -0.2) is 41.5 Å². The molecule has 2 unspecified atom stereocenters. The van der Waals surface area contributed by atoms with E-state index in [1.807, 2.05) is 11.8 Å². The van der Waals surface area contributed by atoms with Gasteiger partial charge in [-0.1, -0.05) is 49.0 Å². The number of benzene rings is 1. The minimum absolute atomic E-state index is 0.585. The van der Waals surface area contributed by atoms with Crippen molar-refractivity contribution in [3.8, 4) is 0 Å². The number of nitrogens with one attached hydrogen (secondary N) is 1. The van der Waals surface area contributed by atoms with E-state index < -0.39 is 0 Å². The van der Waals surface area contributed by atoms with Gasteiger partial charge >= 0.3 is 0 Å². The lowest BCUT2D eigenvalue weighted by Crippen LogP contribution is -2.49. The van der Waals surface area contributed by atoms with Gasteiger partial charge in [-0.25, -0.2) is 0 Å². The zero-order chi connectivity index (χ0) is 14.5. The molecule has 1 fully saturated rings. The zero-order valence-corrected chi connectivity index (χ0v) is 13.6. The van der Waals surface area contributed by atoms with E-state index in [4.69, 9.17) is 0 Å². The molecule has 0 saturated carbocycles. The van der Waals surface area contributed by atoms with Crippen molar-refractivity contribution in [1.29, 1.82) is 0 Å². The number of amidine groups is 1. The predicted molar refractivity (Wildman–Crippen MR) is 91.8 cm³/mol. The summed E-state index contributed by atoms with van der Waals surface area (Å²) in [5.41, 5.74) is 1.42. The van der Waals surface area contributed by atoms with E-state index in [9.17, 15) is 0 Å². The van der Waals surface area contributed by atoms with E-state index in [0.717, 1.165) is 13.1 Å². The molecule has 114 valence electrons. The van der Waals surface area contributed by atoms with Crippen molar-refractivity contribution in [2.75, 3.05) is 25.4 Å². The number of aliphatic imine (C=N–C) groups is 1. The summed E-state index contributed by atoms with van der Waals surface area (Å²) in [5.74, 6) is 1.89. The van der Waals surface area contributed by atoms with E-state index in [1.165, 1.54) is 42.4 Å². The molecule has 1 aromatic carbocycles. The molecule has 0 aromatic heterocycles.